The predicted molar refractivity (Wildman–Crippen MR) is 168 cm³/mol. The Labute approximate surface area is 239 Å². The highest BCUT2D eigenvalue weighted by Crippen LogP contribution is 2.39. The zero-order chi connectivity index (χ0) is 28.2. The van der Waals surface area contributed by atoms with Crippen LogP contribution in [0.5, 0.6) is 0 Å². The molecule has 0 saturated carbocycles. The highest BCUT2D eigenvalue weighted by atomic mass is 15.1. The molecule has 0 aliphatic heterocycles. The number of H-pyrrole nitrogens is 1. The van der Waals surface area contributed by atoms with Gasteiger partial charge in [-0.2, -0.15) is 0 Å². The summed E-state index contributed by atoms with van der Waals surface area (Å²) in [5.41, 5.74) is 22.4. The van der Waals surface area contributed by atoms with E-state index in [9.17, 15) is 0 Å². The van der Waals surface area contributed by atoms with E-state index in [1.54, 1.807) is 0 Å². The van der Waals surface area contributed by atoms with Gasteiger partial charge in [-0.05, 0) is 59.7 Å². The number of aryl methyl sites for hydroxylation is 1. The molecular formula is C34H35N7. The largest absolute Gasteiger partial charge is 0.382 e. The minimum absolute atomic E-state index is 0.199. The second kappa shape index (κ2) is 9.85. The van der Waals surface area contributed by atoms with Crippen molar-refractivity contribution >= 4 is 38.7 Å². The van der Waals surface area contributed by atoms with Crippen molar-refractivity contribution < 1.29 is 0 Å². The Balaban J connectivity index is 1.40. The molecule has 3 heterocycles. The van der Waals surface area contributed by atoms with Gasteiger partial charge < -0.3 is 16.5 Å². The van der Waals surface area contributed by atoms with Gasteiger partial charge in [-0.1, -0.05) is 68.5 Å². The maximum Gasteiger partial charge on any atom is 0.150 e. The summed E-state index contributed by atoms with van der Waals surface area (Å²) >= 11 is 0. The lowest BCUT2D eigenvalue weighted by Gasteiger charge is -2.20. The summed E-state index contributed by atoms with van der Waals surface area (Å²) in [6.45, 7) is 6.46. The number of aromatic nitrogens is 5. The van der Waals surface area contributed by atoms with E-state index in [2.05, 4.69) is 95.8 Å². The van der Waals surface area contributed by atoms with E-state index in [0.717, 1.165) is 69.8 Å². The number of nitrogens with zero attached hydrogens (tertiary/aromatic N) is 4. The van der Waals surface area contributed by atoms with Crippen molar-refractivity contribution in [2.45, 2.75) is 58.4 Å². The molecule has 0 radical (unpaired) electrons. The molecule has 1 aliphatic rings. The number of hydrogen-bond acceptors (Lipinski definition) is 5. The molecule has 7 heteroatoms. The molecule has 1 unspecified atom stereocenters. The molecule has 1 aliphatic carbocycles. The number of para-hydroxylation sites is 1. The number of nitrogens with one attached hydrogen (secondary N) is 1. The molecule has 5 N–H and O–H groups in total. The topological polar surface area (TPSA) is 111 Å². The molecule has 1 atom stereocenters. The van der Waals surface area contributed by atoms with E-state index in [1.807, 2.05) is 6.20 Å². The molecule has 3 aromatic heterocycles. The SMILES string of the molecule is Cc1cccc2[nH]c(Cc3ccc(-c4nc(C(C)C)n5c(C6=CCC(N)CC6)cnc(N)c45)c4ccccc34)nc12. The second-order valence-electron chi connectivity index (χ2n) is 11.6. The van der Waals surface area contributed by atoms with Crippen LogP contribution in [0.2, 0.25) is 0 Å². The molecule has 6 aromatic rings. The number of benzene rings is 3. The third kappa shape index (κ3) is 4.28. The number of nitrogens with two attached hydrogens (primary N) is 2. The van der Waals surface area contributed by atoms with E-state index in [1.165, 1.54) is 22.1 Å². The van der Waals surface area contributed by atoms with Crippen LogP contribution >= 0.6 is 0 Å². The first-order valence-electron chi connectivity index (χ1n) is 14.5. The lowest BCUT2D eigenvalue weighted by Crippen LogP contribution is -2.22. The zero-order valence-electron chi connectivity index (χ0n) is 23.8. The fourth-order valence-corrected chi connectivity index (χ4v) is 6.27. The Bertz CT molecular complexity index is 1970. The Morgan fingerprint density at radius 2 is 1.85 bits per heavy atom. The van der Waals surface area contributed by atoms with Crippen molar-refractivity contribution in [2.24, 2.45) is 5.73 Å². The molecule has 7 nitrogen and oxygen atoms in total. The first-order valence-corrected chi connectivity index (χ1v) is 14.5. The summed E-state index contributed by atoms with van der Waals surface area (Å²) in [6, 6.07) is 19.4. The first-order chi connectivity index (χ1) is 19.9. The summed E-state index contributed by atoms with van der Waals surface area (Å²) in [5, 5.41) is 2.32. The van der Waals surface area contributed by atoms with Gasteiger partial charge in [0.25, 0.3) is 0 Å². The normalized spacial score (nSPS) is 15.8. The minimum Gasteiger partial charge on any atom is -0.382 e. The van der Waals surface area contributed by atoms with Crippen LogP contribution in [0.15, 0.2) is 66.9 Å². The van der Waals surface area contributed by atoms with E-state index >= 15 is 0 Å². The Kier molecular flexibility index (Phi) is 6.12. The summed E-state index contributed by atoms with van der Waals surface area (Å²) in [7, 11) is 0. The van der Waals surface area contributed by atoms with Gasteiger partial charge in [-0.15, -0.1) is 0 Å². The van der Waals surface area contributed by atoms with E-state index < -0.39 is 0 Å². The summed E-state index contributed by atoms with van der Waals surface area (Å²) < 4.78 is 2.24. The van der Waals surface area contributed by atoms with Crippen LogP contribution < -0.4 is 11.5 Å². The monoisotopic (exact) mass is 541 g/mol. The van der Waals surface area contributed by atoms with Gasteiger partial charge in [0.1, 0.15) is 28.7 Å². The second-order valence-corrected chi connectivity index (χ2v) is 11.6. The lowest BCUT2D eigenvalue weighted by molar-refractivity contribution is 0.612. The van der Waals surface area contributed by atoms with E-state index in [0.29, 0.717) is 12.2 Å². The average Bonchev–Trinajstić information content (AvgIpc) is 3.58. The van der Waals surface area contributed by atoms with Crippen molar-refractivity contribution in [2.75, 3.05) is 5.73 Å². The smallest absolute Gasteiger partial charge is 0.150 e. The van der Waals surface area contributed by atoms with Crippen molar-refractivity contribution in [3.8, 4) is 11.3 Å². The third-order valence-corrected chi connectivity index (χ3v) is 8.40. The minimum atomic E-state index is 0.199. The van der Waals surface area contributed by atoms with Gasteiger partial charge in [-0.3, -0.25) is 4.40 Å². The molecular weight excluding hydrogens is 506 g/mol. The van der Waals surface area contributed by atoms with Gasteiger partial charge in [0.2, 0.25) is 0 Å². The van der Waals surface area contributed by atoms with Crippen molar-refractivity contribution in [1.82, 2.24) is 24.3 Å². The van der Waals surface area contributed by atoms with Gasteiger partial charge in [0.05, 0.1) is 22.9 Å². The predicted octanol–water partition coefficient (Wildman–Crippen LogP) is 6.93. The van der Waals surface area contributed by atoms with Crippen LogP contribution in [0.4, 0.5) is 5.82 Å². The van der Waals surface area contributed by atoms with Crippen LogP contribution in [0, 0.1) is 6.92 Å². The van der Waals surface area contributed by atoms with Crippen molar-refractivity contribution in [3.05, 3.63) is 95.3 Å². The average molecular weight is 542 g/mol. The van der Waals surface area contributed by atoms with Crippen LogP contribution in [0.25, 0.3) is 44.2 Å². The molecule has 0 fully saturated rings. The number of hydrogen-bond donors (Lipinski definition) is 3. The number of allylic oxidation sites excluding steroid dienone is 1. The number of fused-ring (bicyclic) bond motifs is 3. The molecule has 3 aromatic carbocycles. The number of imidazole rings is 2. The highest BCUT2D eigenvalue weighted by Gasteiger charge is 2.24. The quantitative estimate of drug-likeness (QED) is 0.219. The summed E-state index contributed by atoms with van der Waals surface area (Å²) in [4.78, 5) is 18.4. The maximum absolute atomic E-state index is 6.63. The molecule has 0 saturated heterocycles. The van der Waals surface area contributed by atoms with Gasteiger partial charge in [-0.25, -0.2) is 15.0 Å². The molecule has 41 heavy (non-hydrogen) atoms. The van der Waals surface area contributed by atoms with E-state index in [4.69, 9.17) is 21.4 Å². The highest BCUT2D eigenvalue weighted by molar-refractivity contribution is 6.02. The summed E-state index contributed by atoms with van der Waals surface area (Å²) in [5.74, 6) is 2.63. The van der Waals surface area contributed by atoms with Gasteiger partial charge in [0.15, 0.2) is 0 Å². The molecule has 0 spiro atoms. The van der Waals surface area contributed by atoms with Crippen LogP contribution in [-0.4, -0.2) is 30.4 Å². The van der Waals surface area contributed by atoms with E-state index in [-0.39, 0.29) is 12.0 Å². The van der Waals surface area contributed by atoms with Crippen molar-refractivity contribution in [1.29, 1.82) is 0 Å². The van der Waals surface area contributed by atoms with Gasteiger partial charge >= 0.3 is 0 Å². The van der Waals surface area contributed by atoms with Gasteiger partial charge in [0, 0.05) is 23.9 Å². The molecule has 7 rings (SSSR count). The third-order valence-electron chi connectivity index (χ3n) is 8.40. The number of nitrogen functional groups attached to an aromatic ring is 1. The van der Waals surface area contributed by atoms with Crippen LogP contribution in [0.1, 0.15) is 67.5 Å². The first kappa shape index (κ1) is 25.5. The lowest BCUT2D eigenvalue weighted by atomic mass is 9.93. The van der Waals surface area contributed by atoms with Crippen LogP contribution in [-0.2, 0) is 6.42 Å². The molecule has 0 amide bonds. The standard InChI is InChI=1S/C34H35N7/c1-19(2)34-40-31(32-33(36)37-18-28(41(32)34)21-11-14-23(35)15-12-21)26-16-13-22(24-8-4-5-9-25(24)26)17-29-38-27-10-6-7-20(3)30(27)39-29/h4-11,13,16,18-19,23H,12,14-15,17,35H2,1-3H3,(H2,36,37)(H,38,39). The Morgan fingerprint density at radius 1 is 1.02 bits per heavy atom. The number of anilines is 1. The van der Waals surface area contributed by atoms with Crippen LogP contribution in [0.3, 0.4) is 0 Å². The Hall–Kier alpha value is -4.49. The maximum atomic E-state index is 6.63. The zero-order valence-corrected chi connectivity index (χ0v) is 23.8. The fourth-order valence-electron chi connectivity index (χ4n) is 6.27. The fraction of sp³-hybridized carbons (Fsp3) is 0.265. The Morgan fingerprint density at radius 3 is 2.61 bits per heavy atom. The number of aromatic amines is 1. The molecule has 206 valence electrons. The molecule has 0 bridgehead atoms. The van der Waals surface area contributed by atoms with Crippen molar-refractivity contribution in [3.63, 3.8) is 0 Å². The number of rotatable bonds is 5. The summed E-state index contributed by atoms with van der Waals surface area (Å²) in [6.07, 6.45) is 7.63.